The van der Waals surface area contributed by atoms with Gasteiger partial charge < -0.3 is 20.1 Å². The van der Waals surface area contributed by atoms with Gasteiger partial charge in [-0.2, -0.15) is 0 Å². The van der Waals surface area contributed by atoms with Crippen LogP contribution in [-0.4, -0.2) is 42.2 Å². The first-order chi connectivity index (χ1) is 10.0. The second kappa shape index (κ2) is 6.43. The van der Waals surface area contributed by atoms with Crippen molar-refractivity contribution < 1.29 is 23.8 Å². The molecule has 1 saturated heterocycles. The number of likely N-dealkylation sites (tertiary alicyclic amines) is 1. The second-order valence-corrected chi connectivity index (χ2v) is 4.90. The molecule has 1 aliphatic heterocycles. The molecule has 21 heavy (non-hydrogen) atoms. The van der Waals surface area contributed by atoms with Gasteiger partial charge in [-0.25, -0.2) is 9.18 Å². The van der Waals surface area contributed by atoms with Crippen LogP contribution in [0.3, 0.4) is 0 Å². The van der Waals surface area contributed by atoms with E-state index in [1.165, 1.54) is 30.2 Å². The number of carboxylic acid groups (broad SMARTS) is 1. The number of methoxy groups -OCH3 is 1. The third-order valence-corrected chi connectivity index (χ3v) is 3.46. The van der Waals surface area contributed by atoms with E-state index < -0.39 is 23.7 Å². The molecule has 1 aliphatic rings. The predicted octanol–water partition coefficient (Wildman–Crippen LogP) is 2.16. The normalized spacial score (nSPS) is 18.2. The van der Waals surface area contributed by atoms with Crippen molar-refractivity contribution in [3.8, 4) is 5.75 Å². The minimum atomic E-state index is -0.893. The van der Waals surface area contributed by atoms with Crippen molar-refractivity contribution in [3.63, 3.8) is 0 Å². The van der Waals surface area contributed by atoms with Crippen LogP contribution in [0.4, 0.5) is 14.9 Å². The van der Waals surface area contributed by atoms with Crippen molar-refractivity contribution in [3.05, 3.63) is 24.0 Å². The molecule has 2 rings (SSSR count). The fourth-order valence-electron chi connectivity index (χ4n) is 2.30. The van der Waals surface area contributed by atoms with E-state index in [9.17, 15) is 14.0 Å². The van der Waals surface area contributed by atoms with E-state index in [0.29, 0.717) is 25.1 Å². The first kappa shape index (κ1) is 15.1. The molecule has 0 unspecified atom stereocenters. The molecule has 0 saturated carbocycles. The Hall–Kier alpha value is -2.31. The number of hydrogen-bond acceptors (Lipinski definition) is 3. The van der Waals surface area contributed by atoms with Crippen LogP contribution in [0, 0.1) is 11.7 Å². The highest BCUT2D eigenvalue weighted by atomic mass is 19.1. The highest BCUT2D eigenvalue weighted by Gasteiger charge is 2.28. The third-order valence-electron chi connectivity index (χ3n) is 3.46. The number of hydrogen-bond donors (Lipinski definition) is 2. The van der Waals surface area contributed by atoms with Crippen LogP contribution in [0.15, 0.2) is 18.2 Å². The van der Waals surface area contributed by atoms with Gasteiger partial charge in [-0.1, -0.05) is 0 Å². The third kappa shape index (κ3) is 3.62. The van der Waals surface area contributed by atoms with E-state index in [0.717, 1.165) is 0 Å². The summed E-state index contributed by atoms with van der Waals surface area (Å²) in [5, 5.41) is 11.6. The maximum absolute atomic E-state index is 13.3. The number of carbonyl (C=O) groups is 2. The number of carbonyl (C=O) groups excluding carboxylic acids is 1. The fraction of sp³-hybridized carbons (Fsp3) is 0.429. The highest BCUT2D eigenvalue weighted by Crippen LogP contribution is 2.23. The molecule has 0 aliphatic carbocycles. The van der Waals surface area contributed by atoms with Gasteiger partial charge >= 0.3 is 12.0 Å². The Balaban J connectivity index is 2.02. The van der Waals surface area contributed by atoms with Crippen molar-refractivity contribution in [2.24, 2.45) is 5.92 Å². The summed E-state index contributed by atoms with van der Waals surface area (Å²) in [7, 11) is 1.34. The first-order valence-electron chi connectivity index (χ1n) is 6.63. The first-order valence-corrected chi connectivity index (χ1v) is 6.63. The highest BCUT2D eigenvalue weighted by molar-refractivity contribution is 5.90. The van der Waals surface area contributed by atoms with Crippen LogP contribution in [0.25, 0.3) is 0 Å². The van der Waals surface area contributed by atoms with Gasteiger partial charge in [0, 0.05) is 24.8 Å². The van der Waals surface area contributed by atoms with E-state index in [1.54, 1.807) is 0 Å². The van der Waals surface area contributed by atoms with Gasteiger partial charge in [0.1, 0.15) is 0 Å². The maximum Gasteiger partial charge on any atom is 0.321 e. The Bertz CT molecular complexity index is 550. The summed E-state index contributed by atoms with van der Waals surface area (Å²) in [5.41, 5.74) is 0.399. The number of urea groups is 1. The lowest BCUT2D eigenvalue weighted by molar-refractivity contribution is -0.143. The van der Waals surface area contributed by atoms with Gasteiger partial charge in [-0.3, -0.25) is 4.79 Å². The van der Waals surface area contributed by atoms with Gasteiger partial charge in [0.05, 0.1) is 13.0 Å². The molecule has 1 aromatic rings. The molecular weight excluding hydrogens is 279 g/mol. The summed E-state index contributed by atoms with van der Waals surface area (Å²) in [6.07, 6.45) is 1.22. The molecule has 2 amide bonds. The monoisotopic (exact) mass is 296 g/mol. The van der Waals surface area contributed by atoms with Crippen molar-refractivity contribution in [2.45, 2.75) is 12.8 Å². The second-order valence-electron chi connectivity index (χ2n) is 4.90. The zero-order chi connectivity index (χ0) is 15.4. The summed E-state index contributed by atoms with van der Waals surface area (Å²) in [4.78, 5) is 24.5. The number of benzene rings is 1. The predicted molar refractivity (Wildman–Crippen MR) is 73.9 cm³/mol. The molecule has 0 aromatic heterocycles. The Morgan fingerprint density at radius 2 is 2.24 bits per heavy atom. The number of piperidine rings is 1. The number of anilines is 1. The Morgan fingerprint density at radius 3 is 2.90 bits per heavy atom. The lowest BCUT2D eigenvalue weighted by Gasteiger charge is -2.30. The van der Waals surface area contributed by atoms with Crippen LogP contribution in [0.5, 0.6) is 5.75 Å². The smallest absolute Gasteiger partial charge is 0.321 e. The number of aliphatic carboxylic acids is 1. The van der Waals surface area contributed by atoms with Crippen LogP contribution >= 0.6 is 0 Å². The number of rotatable bonds is 3. The van der Waals surface area contributed by atoms with E-state index in [-0.39, 0.29) is 12.3 Å². The molecule has 7 heteroatoms. The van der Waals surface area contributed by atoms with Gasteiger partial charge in [-0.05, 0) is 25.0 Å². The molecule has 2 N–H and O–H groups in total. The van der Waals surface area contributed by atoms with Crippen LogP contribution in [0.2, 0.25) is 0 Å². The summed E-state index contributed by atoms with van der Waals surface area (Å²) in [5.74, 6) is -1.91. The molecule has 1 heterocycles. The molecular formula is C14H17FN2O4. The van der Waals surface area contributed by atoms with E-state index in [1.807, 2.05) is 0 Å². The van der Waals surface area contributed by atoms with Crippen molar-refractivity contribution in [1.29, 1.82) is 0 Å². The van der Waals surface area contributed by atoms with Gasteiger partial charge in [0.15, 0.2) is 11.6 Å². The number of halogens is 1. The molecule has 0 radical (unpaired) electrons. The van der Waals surface area contributed by atoms with E-state index in [4.69, 9.17) is 9.84 Å². The Labute approximate surface area is 121 Å². The number of ether oxygens (including phenoxy) is 1. The van der Waals surface area contributed by atoms with E-state index >= 15 is 0 Å². The minimum absolute atomic E-state index is 0.0369. The summed E-state index contributed by atoms with van der Waals surface area (Å²) < 4.78 is 18.1. The standard InChI is InChI=1S/C14H17FN2O4/c1-21-12-7-10(4-5-11(12)15)16-14(20)17-6-2-3-9(8-17)13(18)19/h4-5,7,9H,2-3,6,8H2,1H3,(H,16,20)(H,18,19)/t9-/m0/s1. The minimum Gasteiger partial charge on any atom is -0.494 e. The van der Waals surface area contributed by atoms with Crippen LogP contribution in [-0.2, 0) is 4.79 Å². The van der Waals surface area contributed by atoms with Crippen molar-refractivity contribution in [2.75, 3.05) is 25.5 Å². The molecule has 1 aromatic carbocycles. The lowest BCUT2D eigenvalue weighted by Crippen LogP contribution is -2.44. The van der Waals surface area contributed by atoms with Gasteiger partial charge in [0.25, 0.3) is 0 Å². The molecule has 6 nitrogen and oxygen atoms in total. The SMILES string of the molecule is COc1cc(NC(=O)N2CCC[C@H](C(=O)O)C2)ccc1F. The van der Waals surface area contributed by atoms with Crippen molar-refractivity contribution in [1.82, 2.24) is 4.90 Å². The number of nitrogens with zero attached hydrogens (tertiary/aromatic N) is 1. The van der Waals surface area contributed by atoms with E-state index in [2.05, 4.69) is 5.32 Å². The average Bonchev–Trinajstić information content (AvgIpc) is 2.49. The van der Waals surface area contributed by atoms with Crippen LogP contribution in [0.1, 0.15) is 12.8 Å². The van der Waals surface area contributed by atoms with Crippen molar-refractivity contribution >= 4 is 17.7 Å². The Kier molecular flexibility index (Phi) is 4.62. The van der Waals surface area contributed by atoms with Gasteiger partial charge in [0.2, 0.25) is 0 Å². The summed E-state index contributed by atoms with van der Waals surface area (Å²) in [6.45, 7) is 0.688. The molecule has 114 valence electrons. The maximum atomic E-state index is 13.3. The number of carboxylic acids is 1. The van der Waals surface area contributed by atoms with Gasteiger partial charge in [-0.15, -0.1) is 0 Å². The molecule has 0 spiro atoms. The summed E-state index contributed by atoms with van der Waals surface area (Å²) in [6, 6.07) is 3.61. The molecule has 1 fully saturated rings. The quantitative estimate of drug-likeness (QED) is 0.896. The fourth-order valence-corrected chi connectivity index (χ4v) is 2.30. The lowest BCUT2D eigenvalue weighted by atomic mass is 9.99. The topological polar surface area (TPSA) is 78.9 Å². The Morgan fingerprint density at radius 1 is 1.48 bits per heavy atom. The number of nitrogens with one attached hydrogen (secondary N) is 1. The zero-order valence-electron chi connectivity index (χ0n) is 11.6. The average molecular weight is 296 g/mol. The zero-order valence-corrected chi connectivity index (χ0v) is 11.6. The van der Waals surface area contributed by atoms with Crippen LogP contribution < -0.4 is 10.1 Å². The molecule has 0 bridgehead atoms. The largest absolute Gasteiger partial charge is 0.494 e. The summed E-state index contributed by atoms with van der Waals surface area (Å²) >= 11 is 0. The number of amides is 2. The molecule has 1 atom stereocenters.